The predicted octanol–water partition coefficient (Wildman–Crippen LogP) is 2.27. The van der Waals surface area contributed by atoms with Crippen LogP contribution in [0.3, 0.4) is 0 Å². The molecule has 0 aliphatic rings. The van der Waals surface area contributed by atoms with Gasteiger partial charge in [-0.1, -0.05) is 0 Å². The first-order valence-corrected chi connectivity index (χ1v) is 6.00. The van der Waals surface area contributed by atoms with Crippen molar-refractivity contribution in [3.63, 3.8) is 0 Å². The summed E-state index contributed by atoms with van der Waals surface area (Å²) in [5, 5.41) is 9.19. The molecule has 1 aromatic heterocycles. The Kier molecular flexibility index (Phi) is 4.57. The van der Waals surface area contributed by atoms with E-state index >= 15 is 0 Å². The van der Waals surface area contributed by atoms with Gasteiger partial charge in [0, 0.05) is 28.9 Å². The van der Waals surface area contributed by atoms with Gasteiger partial charge < -0.3 is 10.6 Å². The average Bonchev–Trinajstić information content (AvgIpc) is 2.49. The van der Waals surface area contributed by atoms with Crippen molar-refractivity contribution in [1.82, 2.24) is 4.90 Å². The lowest BCUT2D eigenvalue weighted by molar-refractivity contribution is 0.339. The molecule has 0 radical (unpaired) electrons. The van der Waals surface area contributed by atoms with Crippen molar-refractivity contribution < 1.29 is 0 Å². The van der Waals surface area contributed by atoms with Gasteiger partial charge in [0.15, 0.2) is 0 Å². The van der Waals surface area contributed by atoms with Crippen LogP contribution in [0.15, 0.2) is 15.9 Å². The summed E-state index contributed by atoms with van der Waals surface area (Å²) in [6.45, 7) is 1.74. The SMILES string of the molecule is CN(CCC(=N)N)Cc1sccc1Br. The summed E-state index contributed by atoms with van der Waals surface area (Å²) in [7, 11) is 2.04. The monoisotopic (exact) mass is 275 g/mol. The highest BCUT2D eigenvalue weighted by molar-refractivity contribution is 9.10. The third-order valence-electron chi connectivity index (χ3n) is 1.87. The first-order chi connectivity index (χ1) is 6.59. The zero-order valence-electron chi connectivity index (χ0n) is 8.09. The molecule has 5 heteroatoms. The number of nitrogens with zero attached hydrogens (tertiary/aromatic N) is 1. The Morgan fingerprint density at radius 2 is 2.43 bits per heavy atom. The molecule has 0 spiro atoms. The predicted molar refractivity (Wildman–Crippen MR) is 64.9 cm³/mol. The maximum atomic E-state index is 7.12. The Bertz CT molecular complexity index is 311. The lowest BCUT2D eigenvalue weighted by Gasteiger charge is -2.15. The molecule has 0 amide bonds. The Morgan fingerprint density at radius 3 is 2.93 bits per heavy atom. The molecule has 0 aliphatic carbocycles. The molecule has 0 aliphatic heterocycles. The Balaban J connectivity index is 2.37. The van der Waals surface area contributed by atoms with Crippen molar-refractivity contribution in [2.24, 2.45) is 5.73 Å². The summed E-state index contributed by atoms with van der Waals surface area (Å²) in [5.41, 5.74) is 5.29. The highest BCUT2D eigenvalue weighted by atomic mass is 79.9. The van der Waals surface area contributed by atoms with Crippen LogP contribution in [0.4, 0.5) is 0 Å². The van der Waals surface area contributed by atoms with Crippen molar-refractivity contribution in [2.45, 2.75) is 13.0 Å². The summed E-state index contributed by atoms with van der Waals surface area (Å²) in [6, 6.07) is 2.05. The third kappa shape index (κ3) is 3.77. The quantitative estimate of drug-likeness (QED) is 0.640. The maximum Gasteiger partial charge on any atom is 0.0918 e. The minimum Gasteiger partial charge on any atom is -0.388 e. The van der Waals surface area contributed by atoms with Crippen LogP contribution in [0.1, 0.15) is 11.3 Å². The van der Waals surface area contributed by atoms with Crippen LogP contribution in [-0.4, -0.2) is 24.3 Å². The van der Waals surface area contributed by atoms with Crippen molar-refractivity contribution in [1.29, 1.82) is 5.41 Å². The summed E-state index contributed by atoms with van der Waals surface area (Å²) < 4.78 is 1.16. The van der Waals surface area contributed by atoms with Gasteiger partial charge in [-0.05, 0) is 34.4 Å². The molecule has 78 valence electrons. The smallest absolute Gasteiger partial charge is 0.0918 e. The number of halogens is 1. The molecule has 1 rings (SSSR count). The van der Waals surface area contributed by atoms with E-state index in [1.165, 1.54) is 4.88 Å². The second-order valence-electron chi connectivity index (χ2n) is 3.20. The average molecular weight is 276 g/mol. The highest BCUT2D eigenvalue weighted by Crippen LogP contribution is 2.23. The van der Waals surface area contributed by atoms with Gasteiger partial charge in [-0.3, -0.25) is 5.41 Å². The second-order valence-corrected chi connectivity index (χ2v) is 5.06. The number of hydrogen-bond acceptors (Lipinski definition) is 3. The number of thiophene rings is 1. The topological polar surface area (TPSA) is 53.1 Å². The van der Waals surface area contributed by atoms with Crippen LogP contribution in [0.5, 0.6) is 0 Å². The summed E-state index contributed by atoms with van der Waals surface area (Å²) in [4.78, 5) is 3.48. The fourth-order valence-electron chi connectivity index (χ4n) is 1.07. The zero-order chi connectivity index (χ0) is 10.6. The lowest BCUT2D eigenvalue weighted by atomic mass is 10.3. The van der Waals surface area contributed by atoms with Crippen LogP contribution >= 0.6 is 27.3 Å². The van der Waals surface area contributed by atoms with Gasteiger partial charge in [0.2, 0.25) is 0 Å². The summed E-state index contributed by atoms with van der Waals surface area (Å²) >= 11 is 5.23. The number of hydrogen-bond donors (Lipinski definition) is 2. The molecule has 3 N–H and O–H groups in total. The standard InChI is InChI=1S/C9H14BrN3S/c1-13(4-2-9(11)12)6-8-7(10)3-5-14-8/h3,5H,2,4,6H2,1H3,(H3,11,12). The van der Waals surface area contributed by atoms with Crippen molar-refractivity contribution in [3.05, 3.63) is 20.8 Å². The van der Waals surface area contributed by atoms with E-state index in [-0.39, 0.29) is 5.84 Å². The van der Waals surface area contributed by atoms with Crippen LogP contribution in [0, 0.1) is 5.41 Å². The molecular weight excluding hydrogens is 262 g/mol. The van der Waals surface area contributed by atoms with Crippen LogP contribution in [0.2, 0.25) is 0 Å². The van der Waals surface area contributed by atoms with Crippen LogP contribution in [0.25, 0.3) is 0 Å². The first-order valence-electron chi connectivity index (χ1n) is 4.33. The zero-order valence-corrected chi connectivity index (χ0v) is 10.5. The number of nitrogens with two attached hydrogens (primary N) is 1. The van der Waals surface area contributed by atoms with E-state index in [0.717, 1.165) is 17.6 Å². The largest absolute Gasteiger partial charge is 0.388 e. The number of amidine groups is 1. The molecule has 0 saturated carbocycles. The van der Waals surface area contributed by atoms with E-state index < -0.39 is 0 Å². The second kappa shape index (κ2) is 5.48. The minimum absolute atomic E-state index is 0.252. The van der Waals surface area contributed by atoms with E-state index in [0.29, 0.717) is 6.42 Å². The molecule has 0 aromatic carbocycles. The van der Waals surface area contributed by atoms with Crippen molar-refractivity contribution in [3.8, 4) is 0 Å². The van der Waals surface area contributed by atoms with E-state index in [1.807, 2.05) is 7.05 Å². The Morgan fingerprint density at radius 1 is 1.71 bits per heavy atom. The molecule has 0 fully saturated rings. The molecule has 14 heavy (non-hydrogen) atoms. The van der Waals surface area contributed by atoms with Gasteiger partial charge in [-0.2, -0.15) is 0 Å². The molecular formula is C9H14BrN3S. The molecule has 0 bridgehead atoms. The number of nitrogens with one attached hydrogen (secondary N) is 1. The van der Waals surface area contributed by atoms with E-state index in [4.69, 9.17) is 11.1 Å². The summed E-state index contributed by atoms with van der Waals surface area (Å²) in [6.07, 6.45) is 0.638. The molecule has 0 unspecified atom stereocenters. The Hall–Kier alpha value is -0.390. The van der Waals surface area contributed by atoms with Gasteiger partial charge in [-0.25, -0.2) is 0 Å². The number of rotatable bonds is 5. The third-order valence-corrected chi connectivity index (χ3v) is 3.78. The fourth-order valence-corrected chi connectivity index (χ4v) is 2.63. The normalized spacial score (nSPS) is 10.8. The highest BCUT2D eigenvalue weighted by Gasteiger charge is 2.05. The van der Waals surface area contributed by atoms with Crippen LogP contribution in [-0.2, 0) is 6.54 Å². The maximum absolute atomic E-state index is 7.12. The van der Waals surface area contributed by atoms with Crippen LogP contribution < -0.4 is 5.73 Å². The lowest BCUT2D eigenvalue weighted by Crippen LogP contribution is -2.23. The van der Waals surface area contributed by atoms with Crippen molar-refractivity contribution in [2.75, 3.05) is 13.6 Å². The molecule has 0 saturated heterocycles. The van der Waals surface area contributed by atoms with Gasteiger partial charge >= 0.3 is 0 Å². The van der Waals surface area contributed by atoms with Gasteiger partial charge in [0.1, 0.15) is 0 Å². The van der Waals surface area contributed by atoms with Gasteiger partial charge in [0.05, 0.1) is 5.84 Å². The fraction of sp³-hybridized carbons (Fsp3) is 0.444. The van der Waals surface area contributed by atoms with E-state index in [2.05, 4.69) is 32.3 Å². The molecule has 1 heterocycles. The molecule has 3 nitrogen and oxygen atoms in total. The van der Waals surface area contributed by atoms with E-state index in [9.17, 15) is 0 Å². The minimum atomic E-state index is 0.252. The Labute approximate surface area is 96.5 Å². The van der Waals surface area contributed by atoms with Crippen molar-refractivity contribution >= 4 is 33.1 Å². The molecule has 0 atom stereocenters. The molecule has 1 aromatic rings. The van der Waals surface area contributed by atoms with Gasteiger partial charge in [-0.15, -0.1) is 11.3 Å². The summed E-state index contributed by atoms with van der Waals surface area (Å²) in [5.74, 6) is 0.252. The van der Waals surface area contributed by atoms with Gasteiger partial charge in [0.25, 0.3) is 0 Å². The first kappa shape index (κ1) is 11.7. The van der Waals surface area contributed by atoms with E-state index in [1.54, 1.807) is 11.3 Å².